The second-order valence-electron chi connectivity index (χ2n) is 5.03. The van der Waals surface area contributed by atoms with Crippen LogP contribution in [0.25, 0.3) is 5.69 Å². The zero-order valence-corrected chi connectivity index (χ0v) is 13.0. The van der Waals surface area contributed by atoms with E-state index in [-0.39, 0.29) is 5.91 Å². The van der Waals surface area contributed by atoms with E-state index in [0.29, 0.717) is 24.6 Å². The summed E-state index contributed by atoms with van der Waals surface area (Å²) < 4.78 is 1.55. The van der Waals surface area contributed by atoms with E-state index in [0.717, 1.165) is 5.69 Å². The van der Waals surface area contributed by atoms with Gasteiger partial charge in [-0.05, 0) is 29.0 Å². The number of nitrogens with one attached hydrogen (secondary N) is 3. The molecule has 0 aliphatic rings. The van der Waals surface area contributed by atoms with Crippen molar-refractivity contribution < 1.29 is 4.79 Å². The summed E-state index contributed by atoms with van der Waals surface area (Å²) in [5.74, 6) is 0.243. The fourth-order valence-electron chi connectivity index (χ4n) is 2.14. The van der Waals surface area contributed by atoms with Crippen molar-refractivity contribution in [2.24, 2.45) is 0 Å². The zero-order chi connectivity index (χ0) is 16.8. The van der Waals surface area contributed by atoms with Crippen molar-refractivity contribution in [1.29, 1.82) is 0 Å². The third-order valence-electron chi connectivity index (χ3n) is 3.41. The Hall–Kier alpha value is -3.30. The van der Waals surface area contributed by atoms with Crippen LogP contribution in [0.2, 0.25) is 0 Å². The molecule has 10 nitrogen and oxygen atoms in total. The molecule has 3 aromatic rings. The molecule has 0 aliphatic carbocycles. The average Bonchev–Trinajstić information content (AvgIpc) is 3.30. The van der Waals surface area contributed by atoms with Gasteiger partial charge in [0.1, 0.15) is 11.7 Å². The first kappa shape index (κ1) is 15.6. The number of tetrazole rings is 1. The molecule has 0 saturated carbocycles. The summed E-state index contributed by atoms with van der Waals surface area (Å²) in [6.45, 7) is 2.21. The van der Waals surface area contributed by atoms with Gasteiger partial charge in [-0.3, -0.25) is 4.79 Å². The standard InChI is InChI=1S/C14H17N9O/c1-2-12(13(24)15-8-10-9-16-20-18-10)17-14-19-21-22-23(14)11-6-4-3-5-7-11/h3-7,9,12H,2,8H2,1H3,(H,15,24)(H,16,18,20)(H,17,19,22)/t12-/m0/s1. The molecule has 24 heavy (non-hydrogen) atoms. The molecule has 3 N–H and O–H groups in total. The molecular formula is C14H17N9O. The highest BCUT2D eigenvalue weighted by Crippen LogP contribution is 2.12. The van der Waals surface area contributed by atoms with Crippen LogP contribution in [0.1, 0.15) is 19.0 Å². The molecule has 0 spiro atoms. The fraction of sp³-hybridized carbons (Fsp3) is 0.286. The highest BCUT2D eigenvalue weighted by atomic mass is 16.2. The maximum atomic E-state index is 12.3. The third kappa shape index (κ3) is 3.54. The number of rotatable bonds is 7. The molecule has 10 heteroatoms. The number of benzene rings is 1. The number of aromatic amines is 1. The van der Waals surface area contributed by atoms with E-state index in [9.17, 15) is 4.79 Å². The smallest absolute Gasteiger partial charge is 0.248 e. The molecule has 0 fully saturated rings. The van der Waals surface area contributed by atoms with Gasteiger partial charge in [-0.25, -0.2) is 0 Å². The van der Waals surface area contributed by atoms with E-state index >= 15 is 0 Å². The lowest BCUT2D eigenvalue weighted by Gasteiger charge is -2.16. The molecular weight excluding hydrogens is 310 g/mol. The van der Waals surface area contributed by atoms with E-state index in [1.807, 2.05) is 37.3 Å². The highest BCUT2D eigenvalue weighted by Gasteiger charge is 2.19. The normalized spacial score (nSPS) is 11.9. The minimum atomic E-state index is -0.467. The zero-order valence-electron chi connectivity index (χ0n) is 13.0. The molecule has 1 atom stereocenters. The van der Waals surface area contributed by atoms with E-state index in [1.54, 1.807) is 10.9 Å². The molecule has 0 aliphatic heterocycles. The van der Waals surface area contributed by atoms with Crippen molar-refractivity contribution in [3.05, 3.63) is 42.2 Å². The minimum absolute atomic E-state index is 0.164. The van der Waals surface area contributed by atoms with Crippen molar-refractivity contribution in [2.75, 3.05) is 5.32 Å². The molecule has 0 bridgehead atoms. The summed E-state index contributed by atoms with van der Waals surface area (Å²) in [5, 5.41) is 27.6. The number of carbonyl (C=O) groups excluding carboxylic acids is 1. The predicted octanol–water partition coefficient (Wildman–Crippen LogP) is 0.287. The summed E-state index contributed by atoms with van der Waals surface area (Å²) in [4.78, 5) is 12.3. The van der Waals surface area contributed by atoms with Gasteiger partial charge in [0.05, 0.1) is 18.4 Å². The summed E-state index contributed by atoms with van der Waals surface area (Å²) >= 11 is 0. The maximum Gasteiger partial charge on any atom is 0.248 e. The van der Waals surface area contributed by atoms with Crippen LogP contribution in [0.3, 0.4) is 0 Å². The first-order valence-corrected chi connectivity index (χ1v) is 7.50. The SMILES string of the molecule is CC[C@H](Nc1nnnn1-c1ccccc1)C(=O)NCc1cn[nH]n1. The van der Waals surface area contributed by atoms with Crippen molar-refractivity contribution in [3.63, 3.8) is 0 Å². The number of carbonyl (C=O) groups is 1. The summed E-state index contributed by atoms with van der Waals surface area (Å²) in [7, 11) is 0. The van der Waals surface area contributed by atoms with Gasteiger partial charge in [-0.15, -0.1) is 0 Å². The van der Waals surface area contributed by atoms with Crippen molar-refractivity contribution in [1.82, 2.24) is 40.9 Å². The quantitative estimate of drug-likeness (QED) is 0.569. The third-order valence-corrected chi connectivity index (χ3v) is 3.41. The van der Waals surface area contributed by atoms with Crippen LogP contribution in [-0.4, -0.2) is 47.6 Å². The van der Waals surface area contributed by atoms with Crippen molar-refractivity contribution >= 4 is 11.9 Å². The van der Waals surface area contributed by atoms with Gasteiger partial charge in [0.15, 0.2) is 0 Å². The van der Waals surface area contributed by atoms with Crippen LogP contribution in [0.5, 0.6) is 0 Å². The molecule has 1 amide bonds. The Bertz CT molecular complexity index is 769. The molecule has 3 rings (SSSR count). The van der Waals surface area contributed by atoms with Crippen LogP contribution < -0.4 is 10.6 Å². The molecule has 0 radical (unpaired) electrons. The molecule has 0 saturated heterocycles. The summed E-state index contributed by atoms with van der Waals surface area (Å²) in [5.41, 5.74) is 1.47. The van der Waals surface area contributed by atoms with Gasteiger partial charge in [-0.2, -0.15) is 20.1 Å². The maximum absolute atomic E-state index is 12.3. The van der Waals surface area contributed by atoms with Gasteiger partial charge >= 0.3 is 0 Å². The van der Waals surface area contributed by atoms with Gasteiger partial charge in [-0.1, -0.05) is 30.2 Å². The molecule has 124 valence electrons. The topological polar surface area (TPSA) is 126 Å². The van der Waals surface area contributed by atoms with E-state index in [1.165, 1.54) is 0 Å². The highest BCUT2D eigenvalue weighted by molar-refractivity contribution is 5.84. The molecule has 2 heterocycles. The number of aromatic nitrogens is 7. The van der Waals surface area contributed by atoms with Crippen LogP contribution >= 0.6 is 0 Å². The molecule has 0 unspecified atom stereocenters. The minimum Gasteiger partial charge on any atom is -0.349 e. The summed E-state index contributed by atoms with van der Waals surface area (Å²) in [6, 6.07) is 8.99. The van der Waals surface area contributed by atoms with Gasteiger partial charge in [0.2, 0.25) is 11.9 Å². The molecule has 2 aromatic heterocycles. The predicted molar refractivity (Wildman–Crippen MR) is 85.1 cm³/mol. The van der Waals surface area contributed by atoms with E-state index < -0.39 is 6.04 Å². The van der Waals surface area contributed by atoms with E-state index in [2.05, 4.69) is 41.6 Å². The Morgan fingerprint density at radius 3 is 2.88 bits per heavy atom. The molecule has 1 aromatic carbocycles. The van der Waals surface area contributed by atoms with Gasteiger partial charge in [0, 0.05) is 0 Å². The average molecular weight is 327 g/mol. The van der Waals surface area contributed by atoms with Gasteiger partial charge < -0.3 is 10.6 Å². The fourth-order valence-corrected chi connectivity index (χ4v) is 2.14. The first-order valence-electron chi connectivity index (χ1n) is 7.50. The Morgan fingerprint density at radius 2 is 2.17 bits per heavy atom. The van der Waals surface area contributed by atoms with Crippen molar-refractivity contribution in [3.8, 4) is 5.69 Å². The lowest BCUT2D eigenvalue weighted by Crippen LogP contribution is -2.39. The van der Waals surface area contributed by atoms with E-state index in [4.69, 9.17) is 0 Å². The van der Waals surface area contributed by atoms with Crippen molar-refractivity contribution in [2.45, 2.75) is 25.9 Å². The lowest BCUT2D eigenvalue weighted by atomic mass is 10.2. The monoisotopic (exact) mass is 327 g/mol. The number of hydrogen-bond donors (Lipinski definition) is 3. The Kier molecular flexibility index (Phi) is 4.75. The van der Waals surface area contributed by atoms with Crippen LogP contribution in [0.15, 0.2) is 36.5 Å². The Morgan fingerprint density at radius 1 is 1.33 bits per heavy atom. The summed E-state index contributed by atoms with van der Waals surface area (Å²) in [6.07, 6.45) is 2.14. The number of para-hydroxylation sites is 1. The number of nitrogens with zero attached hydrogens (tertiary/aromatic N) is 6. The number of hydrogen-bond acceptors (Lipinski definition) is 7. The van der Waals surface area contributed by atoms with Crippen LogP contribution in [-0.2, 0) is 11.3 Å². The largest absolute Gasteiger partial charge is 0.349 e. The Labute approximate surface area is 137 Å². The number of anilines is 1. The van der Waals surface area contributed by atoms with Crippen LogP contribution in [0.4, 0.5) is 5.95 Å². The van der Waals surface area contributed by atoms with Gasteiger partial charge in [0.25, 0.3) is 0 Å². The van der Waals surface area contributed by atoms with Crippen LogP contribution in [0, 0.1) is 0 Å². The second kappa shape index (κ2) is 7.31. The lowest BCUT2D eigenvalue weighted by molar-refractivity contribution is -0.122. The first-order chi connectivity index (χ1) is 11.8. The number of amides is 1. The Balaban J connectivity index is 1.67. The number of H-pyrrole nitrogens is 1. The second-order valence-corrected chi connectivity index (χ2v) is 5.03.